The van der Waals surface area contributed by atoms with Crippen LogP contribution in [0, 0.1) is 0 Å². The van der Waals surface area contributed by atoms with Crippen LogP contribution in [0.5, 0.6) is 0 Å². The first kappa shape index (κ1) is 20.3. The predicted molar refractivity (Wildman–Crippen MR) is 117 cm³/mol. The number of benzene rings is 2. The third kappa shape index (κ3) is 5.09. The summed E-state index contributed by atoms with van der Waals surface area (Å²) in [6.45, 7) is 3.18. The van der Waals surface area contributed by atoms with E-state index in [1.807, 2.05) is 18.5 Å². The standard InChI is InChI=1S/C23H25N3O.ClH/c1-17(25-14-19-6-8-21-15-24-11-10-20(21)13-19)4-2-3-5-18-7-9-23-22(12-18)16-26-27-23;/h6-13,15-17,25H,2-5,14H2,1H3;1H/t17-;/m1./s1. The van der Waals surface area contributed by atoms with Crippen LogP contribution in [0.4, 0.5) is 0 Å². The molecule has 0 bridgehead atoms. The fourth-order valence-corrected chi connectivity index (χ4v) is 3.49. The fourth-order valence-electron chi connectivity index (χ4n) is 3.49. The van der Waals surface area contributed by atoms with E-state index in [0.29, 0.717) is 6.04 Å². The monoisotopic (exact) mass is 395 g/mol. The van der Waals surface area contributed by atoms with E-state index in [1.54, 1.807) is 6.20 Å². The molecule has 0 fully saturated rings. The Kier molecular flexibility index (Phi) is 7.01. The van der Waals surface area contributed by atoms with Crippen molar-refractivity contribution in [2.24, 2.45) is 0 Å². The largest absolute Gasteiger partial charge is 0.356 e. The van der Waals surface area contributed by atoms with E-state index < -0.39 is 0 Å². The van der Waals surface area contributed by atoms with Gasteiger partial charge in [-0.25, -0.2) is 0 Å². The molecule has 4 aromatic rings. The number of unbranched alkanes of at least 4 members (excludes halogenated alkanes) is 1. The molecule has 5 heteroatoms. The summed E-state index contributed by atoms with van der Waals surface area (Å²) < 4.78 is 5.16. The maximum Gasteiger partial charge on any atom is 0.166 e. The molecule has 0 aliphatic rings. The van der Waals surface area contributed by atoms with Crippen LogP contribution in [0.3, 0.4) is 0 Å². The van der Waals surface area contributed by atoms with Gasteiger partial charge in [0, 0.05) is 35.8 Å². The quantitative estimate of drug-likeness (QED) is 0.389. The second kappa shape index (κ2) is 9.67. The molecule has 146 valence electrons. The zero-order chi connectivity index (χ0) is 18.5. The van der Waals surface area contributed by atoms with Crippen molar-refractivity contribution in [1.29, 1.82) is 0 Å². The first-order valence-electron chi connectivity index (χ1n) is 9.67. The Labute approximate surface area is 171 Å². The molecule has 0 aliphatic carbocycles. The van der Waals surface area contributed by atoms with E-state index in [0.717, 1.165) is 23.9 Å². The van der Waals surface area contributed by atoms with Crippen LogP contribution in [0.25, 0.3) is 21.7 Å². The van der Waals surface area contributed by atoms with Crippen molar-refractivity contribution < 1.29 is 4.52 Å². The minimum absolute atomic E-state index is 0. The van der Waals surface area contributed by atoms with E-state index in [-0.39, 0.29) is 12.4 Å². The highest BCUT2D eigenvalue weighted by Crippen LogP contribution is 2.17. The lowest BCUT2D eigenvalue weighted by Gasteiger charge is -2.14. The van der Waals surface area contributed by atoms with Gasteiger partial charge in [-0.2, -0.15) is 0 Å². The van der Waals surface area contributed by atoms with Crippen molar-refractivity contribution in [2.45, 2.75) is 45.2 Å². The molecule has 1 N–H and O–H groups in total. The van der Waals surface area contributed by atoms with Crippen LogP contribution >= 0.6 is 12.4 Å². The number of fused-ring (bicyclic) bond motifs is 2. The zero-order valence-corrected chi connectivity index (χ0v) is 16.9. The van der Waals surface area contributed by atoms with E-state index in [9.17, 15) is 0 Å². The maximum atomic E-state index is 5.16. The average Bonchev–Trinajstić information content (AvgIpc) is 3.17. The summed E-state index contributed by atoms with van der Waals surface area (Å²) in [7, 11) is 0. The Morgan fingerprint density at radius 1 is 0.929 bits per heavy atom. The van der Waals surface area contributed by atoms with Crippen molar-refractivity contribution in [3.8, 4) is 0 Å². The fraction of sp³-hybridized carbons (Fsp3) is 0.304. The second-order valence-corrected chi connectivity index (χ2v) is 7.28. The minimum Gasteiger partial charge on any atom is -0.356 e. The van der Waals surface area contributed by atoms with Crippen molar-refractivity contribution in [3.05, 3.63) is 72.2 Å². The number of pyridine rings is 1. The average molecular weight is 396 g/mol. The van der Waals surface area contributed by atoms with Crippen LogP contribution < -0.4 is 5.32 Å². The zero-order valence-electron chi connectivity index (χ0n) is 16.1. The minimum atomic E-state index is 0. The highest BCUT2D eigenvalue weighted by molar-refractivity contribution is 5.85. The predicted octanol–water partition coefficient (Wildman–Crippen LogP) is 5.69. The normalized spacial score (nSPS) is 12.2. The van der Waals surface area contributed by atoms with Crippen molar-refractivity contribution in [1.82, 2.24) is 15.5 Å². The van der Waals surface area contributed by atoms with Crippen LogP contribution in [-0.4, -0.2) is 16.2 Å². The molecule has 0 saturated carbocycles. The lowest BCUT2D eigenvalue weighted by molar-refractivity contribution is 0.456. The van der Waals surface area contributed by atoms with Gasteiger partial charge in [-0.15, -0.1) is 12.4 Å². The highest BCUT2D eigenvalue weighted by atomic mass is 35.5. The summed E-state index contributed by atoms with van der Waals surface area (Å²) in [5, 5.41) is 11.0. The molecule has 0 saturated heterocycles. The third-order valence-corrected chi connectivity index (χ3v) is 5.13. The molecule has 2 aromatic heterocycles. The van der Waals surface area contributed by atoms with Gasteiger partial charge in [0.25, 0.3) is 0 Å². The summed E-state index contributed by atoms with van der Waals surface area (Å²) in [5.41, 5.74) is 3.54. The molecule has 0 radical (unpaired) electrons. The van der Waals surface area contributed by atoms with Crippen LogP contribution in [0.1, 0.15) is 37.3 Å². The number of nitrogens with one attached hydrogen (secondary N) is 1. The third-order valence-electron chi connectivity index (χ3n) is 5.13. The van der Waals surface area contributed by atoms with Crippen LogP contribution in [-0.2, 0) is 13.0 Å². The SMILES string of the molecule is C[C@H](CCCCc1ccc2oncc2c1)NCc1ccc2cnccc2c1.Cl. The van der Waals surface area contributed by atoms with Gasteiger partial charge in [-0.3, -0.25) is 4.98 Å². The number of aromatic nitrogens is 2. The van der Waals surface area contributed by atoms with Crippen molar-refractivity contribution in [3.63, 3.8) is 0 Å². The van der Waals surface area contributed by atoms with Crippen molar-refractivity contribution in [2.75, 3.05) is 0 Å². The number of halogens is 1. The number of aryl methyl sites for hydroxylation is 1. The molecule has 1 atom stereocenters. The number of hydrogen-bond acceptors (Lipinski definition) is 4. The molecular formula is C23H26ClN3O. The molecule has 2 heterocycles. The molecule has 0 amide bonds. The van der Waals surface area contributed by atoms with Gasteiger partial charge in [-0.1, -0.05) is 29.8 Å². The highest BCUT2D eigenvalue weighted by Gasteiger charge is 2.04. The van der Waals surface area contributed by atoms with Gasteiger partial charge in [0.15, 0.2) is 5.58 Å². The first-order valence-corrected chi connectivity index (χ1v) is 9.67. The first-order chi connectivity index (χ1) is 13.3. The van der Waals surface area contributed by atoms with E-state index >= 15 is 0 Å². The summed E-state index contributed by atoms with van der Waals surface area (Å²) in [4.78, 5) is 4.17. The lowest BCUT2D eigenvalue weighted by atomic mass is 10.0. The maximum absolute atomic E-state index is 5.16. The molecule has 0 aliphatic heterocycles. The van der Waals surface area contributed by atoms with Gasteiger partial charge >= 0.3 is 0 Å². The van der Waals surface area contributed by atoms with Crippen molar-refractivity contribution >= 4 is 34.1 Å². The number of hydrogen-bond donors (Lipinski definition) is 1. The molecule has 28 heavy (non-hydrogen) atoms. The Bertz CT molecular complexity index is 1030. The smallest absolute Gasteiger partial charge is 0.166 e. The van der Waals surface area contributed by atoms with E-state index in [2.05, 4.69) is 58.8 Å². The molecule has 0 spiro atoms. The van der Waals surface area contributed by atoms with Gasteiger partial charge in [0.1, 0.15) is 0 Å². The second-order valence-electron chi connectivity index (χ2n) is 7.28. The molecule has 4 rings (SSSR count). The van der Waals surface area contributed by atoms with E-state index in [1.165, 1.54) is 41.2 Å². The van der Waals surface area contributed by atoms with Crippen LogP contribution in [0.2, 0.25) is 0 Å². The molecule has 2 aromatic carbocycles. The Balaban J connectivity index is 0.00000225. The Hall–Kier alpha value is -2.43. The van der Waals surface area contributed by atoms with Gasteiger partial charge in [0.05, 0.1) is 6.20 Å². The molecule has 4 nitrogen and oxygen atoms in total. The summed E-state index contributed by atoms with van der Waals surface area (Å²) >= 11 is 0. The lowest BCUT2D eigenvalue weighted by Crippen LogP contribution is -2.25. The Morgan fingerprint density at radius 2 is 1.79 bits per heavy atom. The van der Waals surface area contributed by atoms with E-state index in [4.69, 9.17) is 4.52 Å². The number of rotatable bonds is 8. The Morgan fingerprint density at radius 3 is 2.71 bits per heavy atom. The van der Waals surface area contributed by atoms with Gasteiger partial charge < -0.3 is 9.84 Å². The number of nitrogens with zero attached hydrogens (tertiary/aromatic N) is 2. The van der Waals surface area contributed by atoms with Crippen LogP contribution in [0.15, 0.2) is 65.6 Å². The molecule has 0 unspecified atom stereocenters. The molecular weight excluding hydrogens is 370 g/mol. The topological polar surface area (TPSA) is 51.0 Å². The summed E-state index contributed by atoms with van der Waals surface area (Å²) in [5.74, 6) is 0. The summed E-state index contributed by atoms with van der Waals surface area (Å²) in [6.07, 6.45) is 10.3. The van der Waals surface area contributed by atoms with Gasteiger partial charge in [-0.05, 0) is 67.0 Å². The summed E-state index contributed by atoms with van der Waals surface area (Å²) in [6, 6.07) is 15.5. The van der Waals surface area contributed by atoms with Gasteiger partial charge in [0.2, 0.25) is 0 Å².